The van der Waals surface area contributed by atoms with Gasteiger partial charge in [-0.2, -0.15) is 0 Å². The van der Waals surface area contributed by atoms with Gasteiger partial charge in [-0.25, -0.2) is 8.42 Å². The van der Waals surface area contributed by atoms with Gasteiger partial charge in [-0.1, -0.05) is 61.0 Å². The number of guanidine groups is 1. The van der Waals surface area contributed by atoms with Gasteiger partial charge in [-0.15, -0.1) is 24.0 Å². The Morgan fingerprint density at radius 2 is 1.57 bits per heavy atom. The number of sulfone groups is 1. The summed E-state index contributed by atoms with van der Waals surface area (Å²) < 4.78 is 22.7. The van der Waals surface area contributed by atoms with E-state index in [1.807, 2.05) is 24.3 Å². The molecule has 0 saturated carbocycles. The lowest BCUT2D eigenvalue weighted by atomic mass is 10.0. The number of rotatable bonds is 7. The first-order valence-corrected chi connectivity index (χ1v) is 11.1. The second kappa shape index (κ2) is 11.4. The molecular formula is C21H30IN3O2S. The van der Waals surface area contributed by atoms with Crippen LogP contribution in [-0.2, 0) is 22.1 Å². The molecule has 0 spiro atoms. The molecule has 0 aliphatic rings. The molecule has 0 saturated heterocycles. The Morgan fingerprint density at radius 3 is 2.11 bits per heavy atom. The summed E-state index contributed by atoms with van der Waals surface area (Å²) in [4.78, 5) is 4.26. The van der Waals surface area contributed by atoms with Crippen molar-refractivity contribution in [3.63, 3.8) is 0 Å². The largest absolute Gasteiger partial charge is 0.356 e. The number of hydrogen-bond acceptors (Lipinski definition) is 3. The monoisotopic (exact) mass is 515 g/mol. The zero-order valence-corrected chi connectivity index (χ0v) is 20.0. The molecule has 5 nitrogen and oxygen atoms in total. The minimum Gasteiger partial charge on any atom is -0.356 e. The van der Waals surface area contributed by atoms with E-state index in [9.17, 15) is 8.42 Å². The van der Waals surface area contributed by atoms with E-state index in [2.05, 4.69) is 53.7 Å². The van der Waals surface area contributed by atoms with E-state index in [1.165, 1.54) is 17.4 Å². The molecule has 0 aliphatic heterocycles. The normalized spacial score (nSPS) is 12.8. The molecule has 0 bridgehead atoms. The Kier molecular flexibility index (Phi) is 9.95. The van der Waals surface area contributed by atoms with Gasteiger partial charge >= 0.3 is 0 Å². The average Bonchev–Trinajstić information content (AvgIpc) is 2.62. The second-order valence-electron chi connectivity index (χ2n) is 7.00. The summed E-state index contributed by atoms with van der Waals surface area (Å²) in [5, 5.41) is 6.64. The third kappa shape index (κ3) is 8.60. The molecule has 0 amide bonds. The highest BCUT2D eigenvalue weighted by molar-refractivity contribution is 14.0. The highest BCUT2D eigenvalue weighted by Crippen LogP contribution is 2.14. The quantitative estimate of drug-likeness (QED) is 0.336. The first kappa shape index (κ1) is 24.4. The van der Waals surface area contributed by atoms with Crippen LogP contribution in [0, 0.1) is 6.92 Å². The summed E-state index contributed by atoms with van der Waals surface area (Å²) in [5.41, 5.74) is 4.43. The Morgan fingerprint density at radius 1 is 1.00 bits per heavy atom. The van der Waals surface area contributed by atoms with Gasteiger partial charge < -0.3 is 10.6 Å². The smallest absolute Gasteiger partial charge is 0.191 e. The maximum absolute atomic E-state index is 11.3. The molecule has 7 heteroatoms. The van der Waals surface area contributed by atoms with Crippen LogP contribution in [0.15, 0.2) is 53.5 Å². The van der Waals surface area contributed by atoms with Crippen molar-refractivity contribution < 1.29 is 8.42 Å². The molecule has 2 aromatic rings. The molecule has 2 N–H and O–H groups in total. The lowest BCUT2D eigenvalue weighted by molar-refractivity contribution is 0.601. The van der Waals surface area contributed by atoms with Gasteiger partial charge in [-0.05, 0) is 29.5 Å². The summed E-state index contributed by atoms with van der Waals surface area (Å²) in [6.45, 7) is 5.69. The number of aliphatic imine (C=N–C) groups is 1. The number of aryl methyl sites for hydroxylation is 1. The molecule has 28 heavy (non-hydrogen) atoms. The van der Waals surface area contributed by atoms with E-state index in [-0.39, 0.29) is 29.7 Å². The van der Waals surface area contributed by atoms with Crippen molar-refractivity contribution in [2.24, 2.45) is 4.99 Å². The van der Waals surface area contributed by atoms with Crippen LogP contribution in [-0.4, -0.2) is 34.2 Å². The van der Waals surface area contributed by atoms with Gasteiger partial charge in [-0.3, -0.25) is 4.99 Å². The third-order valence-electron chi connectivity index (χ3n) is 4.36. The van der Waals surface area contributed by atoms with Gasteiger partial charge in [0, 0.05) is 26.4 Å². The van der Waals surface area contributed by atoms with E-state index < -0.39 is 9.84 Å². The summed E-state index contributed by atoms with van der Waals surface area (Å²) in [6, 6.07) is 16.2. The number of hydrogen-bond donors (Lipinski definition) is 2. The van der Waals surface area contributed by atoms with E-state index in [0.717, 1.165) is 23.6 Å². The Bertz CT molecular complexity index is 864. The molecule has 154 valence electrons. The third-order valence-corrected chi connectivity index (χ3v) is 5.22. The highest BCUT2D eigenvalue weighted by atomic mass is 127. The zero-order valence-electron chi connectivity index (χ0n) is 16.9. The number of halogens is 1. The first-order chi connectivity index (χ1) is 12.8. The lowest BCUT2D eigenvalue weighted by Crippen LogP contribution is -2.38. The van der Waals surface area contributed by atoms with Crippen LogP contribution in [0.25, 0.3) is 0 Å². The number of nitrogens with one attached hydrogen (secondary N) is 2. The zero-order chi connectivity index (χ0) is 19.9. The van der Waals surface area contributed by atoms with Crippen molar-refractivity contribution >= 4 is 39.8 Å². The van der Waals surface area contributed by atoms with E-state index in [4.69, 9.17) is 0 Å². The standard InChI is InChI=1S/C21H29N3O2S.HI/c1-16-5-11-20(12-6-16)17(2)13-23-21(22-3)24-14-18-7-9-19(10-8-18)15-27(4,25)26;/h5-12,17H,13-15H2,1-4H3,(H2,22,23,24);1H. The van der Waals surface area contributed by atoms with Crippen LogP contribution in [0.2, 0.25) is 0 Å². The predicted molar refractivity (Wildman–Crippen MR) is 128 cm³/mol. The Balaban J connectivity index is 0.00000392. The fourth-order valence-electron chi connectivity index (χ4n) is 2.73. The maximum atomic E-state index is 11.3. The van der Waals surface area contributed by atoms with Crippen molar-refractivity contribution in [2.75, 3.05) is 19.8 Å². The lowest BCUT2D eigenvalue weighted by Gasteiger charge is -2.16. The molecule has 0 heterocycles. The van der Waals surface area contributed by atoms with Crippen molar-refractivity contribution in [1.82, 2.24) is 10.6 Å². The predicted octanol–water partition coefficient (Wildman–Crippen LogP) is 3.63. The van der Waals surface area contributed by atoms with Crippen molar-refractivity contribution in [1.29, 1.82) is 0 Å². The Hall–Kier alpha value is -1.61. The Labute approximate surface area is 186 Å². The molecule has 1 unspecified atom stereocenters. The summed E-state index contributed by atoms with van der Waals surface area (Å²) in [5.74, 6) is 1.19. The molecule has 0 fully saturated rings. The van der Waals surface area contributed by atoms with E-state index in [0.29, 0.717) is 12.5 Å². The average molecular weight is 515 g/mol. The van der Waals surface area contributed by atoms with Gasteiger partial charge in [0.2, 0.25) is 0 Å². The topological polar surface area (TPSA) is 70.6 Å². The first-order valence-electron chi connectivity index (χ1n) is 9.03. The van der Waals surface area contributed by atoms with Crippen molar-refractivity contribution in [3.05, 3.63) is 70.8 Å². The second-order valence-corrected chi connectivity index (χ2v) is 9.15. The molecular weight excluding hydrogens is 485 g/mol. The van der Waals surface area contributed by atoms with Crippen LogP contribution in [0.4, 0.5) is 0 Å². The minimum atomic E-state index is -3.01. The summed E-state index contributed by atoms with van der Waals surface area (Å²) in [6.07, 6.45) is 1.25. The SMILES string of the molecule is CN=C(NCc1ccc(CS(C)(=O)=O)cc1)NCC(C)c1ccc(C)cc1.I. The maximum Gasteiger partial charge on any atom is 0.191 e. The van der Waals surface area contributed by atoms with Crippen molar-refractivity contribution in [2.45, 2.75) is 32.1 Å². The van der Waals surface area contributed by atoms with Crippen LogP contribution in [0.1, 0.15) is 35.1 Å². The molecule has 2 rings (SSSR count). The summed E-state index contributed by atoms with van der Waals surface area (Å²) in [7, 11) is -1.25. The minimum absolute atomic E-state index is 0. The highest BCUT2D eigenvalue weighted by Gasteiger charge is 2.07. The molecule has 2 aromatic carbocycles. The number of benzene rings is 2. The van der Waals surface area contributed by atoms with E-state index >= 15 is 0 Å². The van der Waals surface area contributed by atoms with Crippen LogP contribution in [0.3, 0.4) is 0 Å². The van der Waals surface area contributed by atoms with E-state index in [1.54, 1.807) is 7.05 Å². The molecule has 1 atom stereocenters. The van der Waals surface area contributed by atoms with Gasteiger partial charge in [0.25, 0.3) is 0 Å². The fourth-order valence-corrected chi connectivity index (χ4v) is 3.52. The number of nitrogens with zero attached hydrogens (tertiary/aromatic N) is 1. The molecule has 0 aliphatic carbocycles. The summed E-state index contributed by atoms with van der Waals surface area (Å²) >= 11 is 0. The van der Waals surface area contributed by atoms with Gasteiger partial charge in [0.1, 0.15) is 0 Å². The molecule has 0 radical (unpaired) electrons. The molecule has 0 aromatic heterocycles. The van der Waals surface area contributed by atoms with Crippen molar-refractivity contribution in [3.8, 4) is 0 Å². The van der Waals surface area contributed by atoms with Gasteiger partial charge in [0.05, 0.1) is 5.75 Å². The van der Waals surface area contributed by atoms with Crippen LogP contribution < -0.4 is 10.6 Å². The van der Waals surface area contributed by atoms with Crippen LogP contribution >= 0.6 is 24.0 Å². The fraction of sp³-hybridized carbons (Fsp3) is 0.381. The van der Waals surface area contributed by atoms with Gasteiger partial charge in [0.15, 0.2) is 15.8 Å². The van der Waals surface area contributed by atoms with Crippen LogP contribution in [0.5, 0.6) is 0 Å².